The fourth-order valence-electron chi connectivity index (χ4n) is 2.89. The molecule has 1 amide bonds. The number of aryl methyl sites for hydroxylation is 1. The van der Waals surface area contributed by atoms with E-state index in [-0.39, 0.29) is 5.91 Å². The van der Waals surface area contributed by atoms with Gasteiger partial charge in [0.15, 0.2) is 5.69 Å². The van der Waals surface area contributed by atoms with Crippen LogP contribution in [0.1, 0.15) is 28.2 Å². The highest BCUT2D eigenvalue weighted by Crippen LogP contribution is 2.10. The number of nitrogens with zero attached hydrogens (tertiary/aromatic N) is 3. The van der Waals surface area contributed by atoms with Crippen molar-refractivity contribution in [3.8, 4) is 0 Å². The van der Waals surface area contributed by atoms with Crippen molar-refractivity contribution in [2.24, 2.45) is 0 Å². The second kappa shape index (κ2) is 7.93. The highest BCUT2D eigenvalue weighted by atomic mass is 16.5. The molecule has 1 aromatic carbocycles. The van der Waals surface area contributed by atoms with Crippen LogP contribution in [0.5, 0.6) is 0 Å². The van der Waals surface area contributed by atoms with Crippen LogP contribution in [-0.4, -0.2) is 53.6 Å². The zero-order valence-corrected chi connectivity index (χ0v) is 14.0. The summed E-state index contributed by atoms with van der Waals surface area (Å²) in [5.74, 6) is 0.634. The predicted octanol–water partition coefficient (Wildman–Crippen LogP) is 2.84. The lowest BCUT2D eigenvalue weighted by Gasteiger charge is -2.20. The molecular weight excluding hydrogens is 302 g/mol. The van der Waals surface area contributed by atoms with Gasteiger partial charge in [-0.2, -0.15) is 0 Å². The van der Waals surface area contributed by atoms with Gasteiger partial charge in [-0.15, -0.1) is 0 Å². The maximum absolute atomic E-state index is 12.4. The number of aromatic nitrogens is 1. The van der Waals surface area contributed by atoms with Crippen LogP contribution >= 0.6 is 0 Å². The molecule has 0 unspecified atom stereocenters. The summed E-state index contributed by atoms with van der Waals surface area (Å²) in [5, 5.41) is 3.83. The Morgan fingerprint density at radius 3 is 2.79 bits per heavy atom. The van der Waals surface area contributed by atoms with Crippen LogP contribution in [0.3, 0.4) is 0 Å². The lowest BCUT2D eigenvalue weighted by atomic mass is 10.2. The maximum atomic E-state index is 12.4. The summed E-state index contributed by atoms with van der Waals surface area (Å²) in [7, 11) is 0. The SMILES string of the molecule is Cc1cc(C(=O)N2CCCN(C/C=C/c3ccccc3)CC2)no1. The van der Waals surface area contributed by atoms with Crippen LogP contribution < -0.4 is 0 Å². The smallest absolute Gasteiger partial charge is 0.276 e. The number of carbonyl (C=O) groups excluding carboxylic acids is 1. The van der Waals surface area contributed by atoms with Crippen LogP contribution in [0.15, 0.2) is 47.0 Å². The Hall–Kier alpha value is -2.40. The molecule has 5 nitrogen and oxygen atoms in total. The summed E-state index contributed by atoms with van der Waals surface area (Å²) < 4.78 is 5.01. The third-order valence-corrected chi connectivity index (χ3v) is 4.20. The van der Waals surface area contributed by atoms with E-state index in [1.807, 2.05) is 23.1 Å². The van der Waals surface area contributed by atoms with Crippen LogP contribution in [0.4, 0.5) is 0 Å². The summed E-state index contributed by atoms with van der Waals surface area (Å²) in [6.45, 7) is 6.07. The van der Waals surface area contributed by atoms with Gasteiger partial charge >= 0.3 is 0 Å². The van der Waals surface area contributed by atoms with Gasteiger partial charge in [0, 0.05) is 38.8 Å². The average Bonchev–Trinajstić information content (AvgIpc) is 2.90. The van der Waals surface area contributed by atoms with Crippen molar-refractivity contribution >= 4 is 12.0 Å². The van der Waals surface area contributed by atoms with E-state index in [0.29, 0.717) is 11.5 Å². The van der Waals surface area contributed by atoms with Gasteiger partial charge in [0.2, 0.25) is 0 Å². The van der Waals surface area contributed by atoms with E-state index in [0.717, 1.165) is 39.1 Å². The molecule has 5 heteroatoms. The second-order valence-electron chi connectivity index (χ2n) is 6.08. The van der Waals surface area contributed by atoms with E-state index in [4.69, 9.17) is 4.52 Å². The molecule has 126 valence electrons. The third-order valence-electron chi connectivity index (χ3n) is 4.20. The Labute approximate surface area is 142 Å². The second-order valence-corrected chi connectivity index (χ2v) is 6.08. The van der Waals surface area contributed by atoms with Crippen molar-refractivity contribution in [1.82, 2.24) is 15.0 Å². The first kappa shape index (κ1) is 16.5. The summed E-state index contributed by atoms with van der Waals surface area (Å²) in [6.07, 6.45) is 5.31. The summed E-state index contributed by atoms with van der Waals surface area (Å²) in [6, 6.07) is 12.0. The molecular formula is C19H23N3O2. The molecule has 1 saturated heterocycles. The fourth-order valence-corrected chi connectivity index (χ4v) is 2.89. The van der Waals surface area contributed by atoms with Gasteiger partial charge < -0.3 is 9.42 Å². The van der Waals surface area contributed by atoms with Gasteiger partial charge in [-0.25, -0.2) is 0 Å². The molecule has 0 bridgehead atoms. The van der Waals surface area contributed by atoms with E-state index in [1.165, 1.54) is 5.56 Å². The average molecular weight is 325 g/mol. The molecule has 3 rings (SSSR count). The first-order chi connectivity index (χ1) is 11.7. The van der Waals surface area contributed by atoms with Crippen molar-refractivity contribution in [3.63, 3.8) is 0 Å². The number of hydrogen-bond acceptors (Lipinski definition) is 4. The zero-order valence-electron chi connectivity index (χ0n) is 14.0. The molecule has 1 aliphatic heterocycles. The molecule has 24 heavy (non-hydrogen) atoms. The van der Waals surface area contributed by atoms with Gasteiger partial charge in [-0.1, -0.05) is 47.6 Å². The molecule has 0 aliphatic carbocycles. The number of carbonyl (C=O) groups is 1. The van der Waals surface area contributed by atoms with Gasteiger partial charge in [0.1, 0.15) is 5.76 Å². The number of amides is 1. The minimum Gasteiger partial charge on any atom is -0.361 e. The Kier molecular flexibility index (Phi) is 5.43. The first-order valence-electron chi connectivity index (χ1n) is 8.39. The monoisotopic (exact) mass is 325 g/mol. The zero-order chi connectivity index (χ0) is 16.8. The molecule has 1 aromatic heterocycles. The highest BCUT2D eigenvalue weighted by molar-refractivity contribution is 5.92. The summed E-state index contributed by atoms with van der Waals surface area (Å²) in [4.78, 5) is 16.7. The van der Waals surface area contributed by atoms with Crippen molar-refractivity contribution in [3.05, 3.63) is 59.5 Å². The van der Waals surface area contributed by atoms with E-state index in [1.54, 1.807) is 13.0 Å². The van der Waals surface area contributed by atoms with Gasteiger partial charge in [-0.05, 0) is 18.9 Å². The fraction of sp³-hybridized carbons (Fsp3) is 0.368. The van der Waals surface area contributed by atoms with Crippen LogP contribution in [0.25, 0.3) is 6.08 Å². The summed E-state index contributed by atoms with van der Waals surface area (Å²) in [5.41, 5.74) is 1.62. The predicted molar refractivity (Wildman–Crippen MR) is 93.7 cm³/mol. The molecule has 0 atom stereocenters. The third kappa shape index (κ3) is 4.32. The minimum atomic E-state index is -0.0338. The minimum absolute atomic E-state index is 0.0338. The van der Waals surface area contributed by atoms with Crippen LogP contribution in [0.2, 0.25) is 0 Å². The Balaban J connectivity index is 1.51. The van der Waals surface area contributed by atoms with Crippen LogP contribution in [0, 0.1) is 6.92 Å². The topological polar surface area (TPSA) is 49.6 Å². The lowest BCUT2D eigenvalue weighted by molar-refractivity contribution is 0.0751. The lowest BCUT2D eigenvalue weighted by Crippen LogP contribution is -2.35. The van der Waals surface area contributed by atoms with Crippen LogP contribution in [-0.2, 0) is 0 Å². The van der Waals surface area contributed by atoms with Crippen molar-refractivity contribution in [2.75, 3.05) is 32.7 Å². The number of benzene rings is 1. The van der Waals surface area contributed by atoms with E-state index in [2.05, 4.69) is 34.3 Å². The highest BCUT2D eigenvalue weighted by Gasteiger charge is 2.22. The van der Waals surface area contributed by atoms with Gasteiger partial charge in [-0.3, -0.25) is 9.69 Å². The molecule has 0 radical (unpaired) electrons. The van der Waals surface area contributed by atoms with Crippen molar-refractivity contribution in [2.45, 2.75) is 13.3 Å². The normalized spacial score (nSPS) is 16.5. The summed E-state index contributed by atoms with van der Waals surface area (Å²) >= 11 is 0. The molecule has 0 spiro atoms. The Morgan fingerprint density at radius 2 is 2.04 bits per heavy atom. The molecule has 1 aliphatic rings. The van der Waals surface area contributed by atoms with Gasteiger partial charge in [0.05, 0.1) is 0 Å². The molecule has 0 saturated carbocycles. The Morgan fingerprint density at radius 1 is 1.21 bits per heavy atom. The van der Waals surface area contributed by atoms with E-state index >= 15 is 0 Å². The molecule has 2 heterocycles. The quantitative estimate of drug-likeness (QED) is 0.867. The molecule has 2 aromatic rings. The number of hydrogen-bond donors (Lipinski definition) is 0. The molecule has 0 N–H and O–H groups in total. The van der Waals surface area contributed by atoms with Crippen molar-refractivity contribution < 1.29 is 9.32 Å². The first-order valence-corrected chi connectivity index (χ1v) is 8.39. The van der Waals surface area contributed by atoms with Gasteiger partial charge in [0.25, 0.3) is 5.91 Å². The maximum Gasteiger partial charge on any atom is 0.276 e. The molecule has 1 fully saturated rings. The standard InChI is InChI=1S/C19H23N3O2/c1-16-15-18(20-24-16)19(23)22-12-6-11-21(13-14-22)10-5-9-17-7-3-2-4-8-17/h2-5,7-9,15H,6,10-14H2,1H3/b9-5+. The Bertz CT molecular complexity index is 694. The largest absolute Gasteiger partial charge is 0.361 e. The van der Waals surface area contributed by atoms with Crippen molar-refractivity contribution in [1.29, 1.82) is 0 Å². The number of rotatable bonds is 4. The van der Waals surface area contributed by atoms with E-state index in [9.17, 15) is 4.79 Å². The van der Waals surface area contributed by atoms with E-state index < -0.39 is 0 Å².